The molecule has 14 heavy (non-hydrogen) atoms. The van der Waals surface area contributed by atoms with E-state index < -0.39 is 19.8 Å². The first-order chi connectivity index (χ1) is 5.39. The second-order valence-corrected chi connectivity index (χ2v) is 3.68. The largest absolute Gasteiger partial charge is 0.480 e. The third-order valence-corrected chi connectivity index (χ3v) is 2.35. The second kappa shape index (κ2) is 9.20. The fraction of sp³-hybridized carbons (Fsp3) is 0.800. The van der Waals surface area contributed by atoms with Crippen LogP contribution >= 0.6 is 7.75 Å². The van der Waals surface area contributed by atoms with Gasteiger partial charge in [-0.05, 0) is 13.8 Å². The zero-order valence-corrected chi connectivity index (χ0v) is 14.4. The molecule has 0 heterocycles. The van der Waals surface area contributed by atoms with Crippen molar-refractivity contribution in [3.8, 4) is 0 Å². The van der Waals surface area contributed by atoms with Crippen LogP contribution in [-0.4, -0.2) is 28.6 Å². The molecule has 1 unspecified atom stereocenters. The normalized spacial score (nSPS) is 15.6. The van der Waals surface area contributed by atoms with Crippen LogP contribution in [0.2, 0.25) is 0 Å². The molecule has 0 fully saturated rings. The van der Waals surface area contributed by atoms with E-state index in [2.05, 4.69) is 4.52 Å². The standard InChI is InChI=1S/C5H12NO5P.2W/c1-3-11-12(9,10)6-4(2)5(7)8;;/h4H,3H2,1-2H3,(H,7,8)(H2,6,9,10);;/t4-;;/m1../s1. The number of nitrogens with one attached hydrogen (secondary N) is 1. The van der Waals surface area contributed by atoms with Gasteiger partial charge in [0.05, 0.1) is 6.61 Å². The van der Waals surface area contributed by atoms with Gasteiger partial charge in [-0.2, -0.15) is 0 Å². The van der Waals surface area contributed by atoms with Crippen LogP contribution in [0.5, 0.6) is 0 Å². The fourth-order valence-corrected chi connectivity index (χ4v) is 1.54. The zero-order valence-electron chi connectivity index (χ0n) is 7.67. The van der Waals surface area contributed by atoms with Crippen molar-refractivity contribution < 1.29 is 66.0 Å². The molecular formula is C5H12NO5PW2. The van der Waals surface area contributed by atoms with Crippen LogP contribution in [0.3, 0.4) is 0 Å². The van der Waals surface area contributed by atoms with Gasteiger partial charge in [-0.25, -0.2) is 9.65 Å². The second-order valence-electron chi connectivity index (χ2n) is 2.13. The number of carboxylic acids is 1. The quantitative estimate of drug-likeness (QED) is 0.413. The molecule has 0 spiro atoms. The van der Waals surface area contributed by atoms with Gasteiger partial charge in [0.1, 0.15) is 6.04 Å². The predicted octanol–water partition coefficient (Wildman–Crippen LogP) is 0.181. The van der Waals surface area contributed by atoms with Crippen molar-refractivity contribution in [2.24, 2.45) is 0 Å². The van der Waals surface area contributed by atoms with Crippen LogP contribution in [-0.2, 0) is 56.0 Å². The molecule has 0 aliphatic carbocycles. The van der Waals surface area contributed by atoms with Gasteiger partial charge in [-0.15, -0.1) is 0 Å². The summed E-state index contributed by atoms with van der Waals surface area (Å²) in [4.78, 5) is 19.1. The molecule has 3 N–H and O–H groups in total. The number of hydrogen-bond donors (Lipinski definition) is 3. The van der Waals surface area contributed by atoms with Gasteiger partial charge >= 0.3 is 13.7 Å². The summed E-state index contributed by atoms with van der Waals surface area (Å²) in [6.07, 6.45) is 0. The van der Waals surface area contributed by atoms with Crippen molar-refractivity contribution in [2.45, 2.75) is 19.9 Å². The summed E-state index contributed by atoms with van der Waals surface area (Å²) >= 11 is 0. The minimum atomic E-state index is -3.93. The SMILES string of the molecule is CCOP(=O)(O)N[C@H](C)C(=O)O.[W].[W]. The van der Waals surface area contributed by atoms with E-state index in [9.17, 15) is 9.36 Å². The van der Waals surface area contributed by atoms with Crippen LogP contribution < -0.4 is 5.09 Å². The monoisotopic (exact) mass is 565 g/mol. The number of rotatable bonds is 5. The molecule has 0 saturated heterocycles. The molecule has 0 saturated carbocycles. The molecule has 0 aromatic carbocycles. The summed E-state index contributed by atoms with van der Waals surface area (Å²) < 4.78 is 15.3. The van der Waals surface area contributed by atoms with Crippen molar-refractivity contribution >= 4 is 13.7 Å². The molecule has 2 atom stereocenters. The minimum absolute atomic E-state index is 0. The number of carbonyl (C=O) groups is 1. The van der Waals surface area contributed by atoms with Crippen LogP contribution in [0.15, 0.2) is 0 Å². The molecule has 0 aromatic rings. The number of hydrogen-bond acceptors (Lipinski definition) is 3. The average Bonchev–Trinajstić information content (AvgIpc) is 1.85. The van der Waals surface area contributed by atoms with Gasteiger partial charge in [0.15, 0.2) is 0 Å². The first kappa shape index (κ1) is 20.4. The van der Waals surface area contributed by atoms with Crippen molar-refractivity contribution in [1.82, 2.24) is 5.09 Å². The smallest absolute Gasteiger partial charge is 0.403 e. The van der Waals surface area contributed by atoms with E-state index in [0.29, 0.717) is 0 Å². The molecule has 0 rings (SSSR count). The minimum Gasteiger partial charge on any atom is -0.480 e. The Hall–Kier alpha value is 0.957. The number of aliphatic carboxylic acids is 1. The van der Waals surface area contributed by atoms with E-state index in [1.165, 1.54) is 13.8 Å². The third kappa shape index (κ3) is 9.51. The molecule has 6 nitrogen and oxygen atoms in total. The Morgan fingerprint density at radius 1 is 1.57 bits per heavy atom. The summed E-state index contributed by atoms with van der Waals surface area (Å²) in [6, 6.07) is -1.10. The van der Waals surface area contributed by atoms with Gasteiger partial charge in [0, 0.05) is 42.1 Å². The first-order valence-electron chi connectivity index (χ1n) is 3.37. The summed E-state index contributed by atoms with van der Waals surface area (Å²) in [5.41, 5.74) is 0. The van der Waals surface area contributed by atoms with Gasteiger partial charge in [-0.1, -0.05) is 0 Å². The average molecular weight is 565 g/mol. The number of carboxylic acid groups (broad SMARTS) is 1. The van der Waals surface area contributed by atoms with Gasteiger partial charge in [0.2, 0.25) is 0 Å². The van der Waals surface area contributed by atoms with Crippen LogP contribution in [0.1, 0.15) is 13.8 Å². The topological polar surface area (TPSA) is 95.9 Å². The maximum Gasteiger partial charge on any atom is 0.403 e. The Balaban J connectivity index is -0.000000605. The Labute approximate surface area is 111 Å². The molecule has 0 aliphatic rings. The summed E-state index contributed by atoms with van der Waals surface area (Å²) in [5, 5.41) is 10.3. The maximum atomic E-state index is 10.9. The van der Waals surface area contributed by atoms with E-state index in [0.717, 1.165) is 0 Å². The van der Waals surface area contributed by atoms with Gasteiger partial charge < -0.3 is 10.00 Å². The molecule has 0 aliphatic heterocycles. The van der Waals surface area contributed by atoms with E-state index >= 15 is 0 Å². The summed E-state index contributed by atoms with van der Waals surface area (Å²) in [7, 11) is -3.93. The maximum absolute atomic E-state index is 10.9. The van der Waals surface area contributed by atoms with Crippen LogP contribution in [0, 0.1) is 0 Å². The van der Waals surface area contributed by atoms with Crippen LogP contribution in [0.25, 0.3) is 0 Å². The van der Waals surface area contributed by atoms with Crippen molar-refractivity contribution in [2.75, 3.05) is 6.61 Å². The van der Waals surface area contributed by atoms with E-state index in [-0.39, 0.29) is 48.7 Å². The third-order valence-electron chi connectivity index (χ3n) is 1.03. The Morgan fingerprint density at radius 2 is 2.00 bits per heavy atom. The molecular weight excluding hydrogens is 553 g/mol. The van der Waals surface area contributed by atoms with Crippen molar-refractivity contribution in [1.29, 1.82) is 0 Å². The van der Waals surface area contributed by atoms with E-state index in [1.54, 1.807) is 0 Å². The van der Waals surface area contributed by atoms with Gasteiger partial charge in [-0.3, -0.25) is 9.32 Å². The summed E-state index contributed by atoms with van der Waals surface area (Å²) in [6.45, 7) is 2.84. The van der Waals surface area contributed by atoms with Gasteiger partial charge in [0.25, 0.3) is 0 Å². The molecule has 84 valence electrons. The Kier molecular flexibility index (Phi) is 13.4. The molecule has 0 aromatic heterocycles. The fourth-order valence-electron chi connectivity index (χ4n) is 0.512. The van der Waals surface area contributed by atoms with E-state index in [1.807, 2.05) is 5.09 Å². The van der Waals surface area contributed by atoms with Crippen molar-refractivity contribution in [3.63, 3.8) is 0 Å². The molecule has 9 heteroatoms. The Bertz CT molecular complexity index is 214. The van der Waals surface area contributed by atoms with E-state index in [4.69, 9.17) is 10.00 Å². The first-order valence-corrected chi connectivity index (χ1v) is 4.94. The van der Waals surface area contributed by atoms with Crippen LogP contribution in [0.4, 0.5) is 0 Å². The van der Waals surface area contributed by atoms with Crippen molar-refractivity contribution in [3.05, 3.63) is 0 Å². The molecule has 0 amide bonds. The molecule has 0 radical (unpaired) electrons. The zero-order chi connectivity index (χ0) is 9.78. The summed E-state index contributed by atoms with van der Waals surface area (Å²) in [5.74, 6) is -1.20. The molecule has 0 bridgehead atoms. The Morgan fingerprint density at radius 3 is 2.29 bits per heavy atom. The predicted molar refractivity (Wildman–Crippen MR) is 41.7 cm³/mol.